The van der Waals surface area contributed by atoms with Gasteiger partial charge in [-0.3, -0.25) is 9.59 Å². The molecule has 0 aliphatic carbocycles. The summed E-state index contributed by atoms with van der Waals surface area (Å²) in [5.74, 6) is -0.900. The van der Waals surface area contributed by atoms with Gasteiger partial charge in [-0.2, -0.15) is 11.8 Å². The fourth-order valence-electron chi connectivity index (χ4n) is 2.32. The van der Waals surface area contributed by atoms with Crippen LogP contribution in [-0.4, -0.2) is 53.0 Å². The molecule has 0 unspecified atom stereocenters. The van der Waals surface area contributed by atoms with Crippen LogP contribution in [0.25, 0.3) is 0 Å². The highest BCUT2D eigenvalue weighted by Crippen LogP contribution is 2.09. The molecule has 146 valence electrons. The molecule has 0 aromatic carbocycles. The zero-order chi connectivity index (χ0) is 19.6. The van der Waals surface area contributed by atoms with E-state index >= 15 is 0 Å². The minimum Gasteiger partial charge on any atom is -0.480 e. The summed E-state index contributed by atoms with van der Waals surface area (Å²) in [5, 5.41) is 14.5. The SMILES string of the molecule is CSCC[C@H](N)C(=O)N[C@@H](CC(C)C)C(=O)N[C@@H](CC(C)C)C(=O)O. The van der Waals surface area contributed by atoms with Gasteiger partial charge in [0.05, 0.1) is 6.04 Å². The number of nitrogens with one attached hydrogen (secondary N) is 2. The Balaban J connectivity index is 4.96. The lowest BCUT2D eigenvalue weighted by atomic mass is 10.00. The molecule has 0 spiro atoms. The van der Waals surface area contributed by atoms with Crippen LogP contribution in [0, 0.1) is 11.8 Å². The number of carbonyl (C=O) groups excluding carboxylic acids is 2. The first-order valence-corrected chi connectivity index (χ1v) is 10.1. The molecule has 0 aromatic heterocycles. The lowest BCUT2D eigenvalue weighted by molar-refractivity contribution is -0.142. The third-order valence-corrected chi connectivity index (χ3v) is 4.28. The van der Waals surface area contributed by atoms with Crippen molar-refractivity contribution < 1.29 is 19.5 Å². The highest BCUT2D eigenvalue weighted by Gasteiger charge is 2.28. The molecule has 3 atom stereocenters. The van der Waals surface area contributed by atoms with Crippen LogP contribution in [0.4, 0.5) is 0 Å². The Kier molecular flexibility index (Phi) is 11.5. The van der Waals surface area contributed by atoms with Crippen molar-refractivity contribution in [1.82, 2.24) is 10.6 Å². The summed E-state index contributed by atoms with van der Waals surface area (Å²) in [6.07, 6.45) is 3.20. The van der Waals surface area contributed by atoms with Crippen molar-refractivity contribution in [2.24, 2.45) is 17.6 Å². The van der Waals surface area contributed by atoms with Gasteiger partial charge in [0.15, 0.2) is 0 Å². The number of amides is 2. The van der Waals surface area contributed by atoms with Crippen molar-refractivity contribution in [3.8, 4) is 0 Å². The van der Waals surface area contributed by atoms with E-state index in [1.54, 1.807) is 11.8 Å². The number of rotatable bonds is 12. The summed E-state index contributed by atoms with van der Waals surface area (Å²) >= 11 is 1.60. The van der Waals surface area contributed by atoms with Gasteiger partial charge in [-0.05, 0) is 43.1 Å². The fraction of sp³-hybridized carbons (Fsp3) is 0.824. The minimum absolute atomic E-state index is 0.125. The summed E-state index contributed by atoms with van der Waals surface area (Å²) in [5.41, 5.74) is 5.85. The number of aliphatic carboxylic acids is 1. The molecule has 7 nitrogen and oxygen atoms in total. The Labute approximate surface area is 154 Å². The Hall–Kier alpha value is -1.28. The monoisotopic (exact) mass is 375 g/mol. The van der Waals surface area contributed by atoms with Crippen molar-refractivity contribution in [2.75, 3.05) is 12.0 Å². The summed E-state index contributed by atoms with van der Waals surface area (Å²) in [6, 6.07) is -2.44. The van der Waals surface area contributed by atoms with E-state index in [0.29, 0.717) is 19.3 Å². The first-order chi connectivity index (χ1) is 11.6. The van der Waals surface area contributed by atoms with Gasteiger partial charge in [0.1, 0.15) is 12.1 Å². The molecule has 0 aliphatic rings. The molecule has 0 radical (unpaired) electrons. The molecule has 5 N–H and O–H groups in total. The number of carboxylic acid groups (broad SMARTS) is 1. The van der Waals surface area contributed by atoms with Gasteiger partial charge in [0, 0.05) is 0 Å². The minimum atomic E-state index is -1.08. The van der Waals surface area contributed by atoms with E-state index < -0.39 is 30.0 Å². The molecular weight excluding hydrogens is 342 g/mol. The Bertz CT molecular complexity index is 444. The van der Waals surface area contributed by atoms with Crippen molar-refractivity contribution in [1.29, 1.82) is 0 Å². The van der Waals surface area contributed by atoms with Crippen LogP contribution in [0.1, 0.15) is 47.0 Å². The first kappa shape index (κ1) is 23.7. The zero-order valence-corrected chi connectivity index (χ0v) is 16.7. The number of thioether (sulfide) groups is 1. The van der Waals surface area contributed by atoms with Crippen LogP contribution in [0.15, 0.2) is 0 Å². The van der Waals surface area contributed by atoms with Crippen molar-refractivity contribution in [3.63, 3.8) is 0 Å². The van der Waals surface area contributed by atoms with Crippen LogP contribution >= 0.6 is 11.8 Å². The standard InChI is InChI=1S/C17H33N3O4S/c1-10(2)8-13(19-15(21)12(18)6-7-25-5)16(22)20-14(17(23)24)9-11(3)4/h10-14H,6-9,18H2,1-5H3,(H,19,21)(H,20,22)(H,23,24)/t12-,13-,14-/m0/s1. The third-order valence-electron chi connectivity index (χ3n) is 3.63. The number of hydrogen-bond donors (Lipinski definition) is 4. The van der Waals surface area contributed by atoms with Crippen LogP contribution in [0.2, 0.25) is 0 Å². The summed E-state index contributed by atoms with van der Waals surface area (Å²) in [7, 11) is 0. The third kappa shape index (κ3) is 10.3. The van der Waals surface area contributed by atoms with Gasteiger partial charge in [-0.25, -0.2) is 4.79 Å². The molecular formula is C17H33N3O4S. The van der Waals surface area contributed by atoms with Crippen molar-refractivity contribution >= 4 is 29.5 Å². The van der Waals surface area contributed by atoms with E-state index in [9.17, 15) is 19.5 Å². The lowest BCUT2D eigenvalue weighted by Crippen LogP contribution is -2.55. The van der Waals surface area contributed by atoms with Gasteiger partial charge in [0.2, 0.25) is 11.8 Å². The molecule has 0 heterocycles. The molecule has 0 saturated carbocycles. The summed E-state index contributed by atoms with van der Waals surface area (Å²) in [6.45, 7) is 7.65. The van der Waals surface area contributed by atoms with E-state index in [1.807, 2.05) is 34.0 Å². The fourth-order valence-corrected chi connectivity index (χ4v) is 2.81. The average molecular weight is 376 g/mol. The number of carboxylic acids is 1. The Morgan fingerprint density at radius 2 is 1.44 bits per heavy atom. The van der Waals surface area contributed by atoms with E-state index in [1.165, 1.54) is 0 Å². The van der Waals surface area contributed by atoms with Gasteiger partial charge in [0.25, 0.3) is 0 Å². The molecule has 25 heavy (non-hydrogen) atoms. The molecule has 0 aromatic rings. The molecule has 0 bridgehead atoms. The largest absolute Gasteiger partial charge is 0.480 e. The van der Waals surface area contributed by atoms with E-state index in [0.717, 1.165) is 5.75 Å². The number of carbonyl (C=O) groups is 3. The molecule has 0 aliphatic heterocycles. The predicted molar refractivity (Wildman–Crippen MR) is 101 cm³/mol. The normalized spacial score (nSPS) is 14.9. The summed E-state index contributed by atoms with van der Waals surface area (Å²) in [4.78, 5) is 36.1. The second kappa shape index (κ2) is 12.1. The first-order valence-electron chi connectivity index (χ1n) is 8.66. The van der Waals surface area contributed by atoms with Crippen molar-refractivity contribution in [3.05, 3.63) is 0 Å². The van der Waals surface area contributed by atoms with Gasteiger partial charge < -0.3 is 21.5 Å². The predicted octanol–water partition coefficient (Wildman–Crippen LogP) is 1.21. The van der Waals surface area contributed by atoms with Crippen LogP contribution < -0.4 is 16.4 Å². The summed E-state index contributed by atoms with van der Waals surface area (Å²) < 4.78 is 0. The smallest absolute Gasteiger partial charge is 0.326 e. The maximum atomic E-state index is 12.5. The second-order valence-corrected chi connectivity index (χ2v) is 8.09. The maximum Gasteiger partial charge on any atom is 0.326 e. The Morgan fingerprint density at radius 1 is 0.960 bits per heavy atom. The van der Waals surface area contributed by atoms with Gasteiger partial charge in [-0.15, -0.1) is 0 Å². The highest BCUT2D eigenvalue weighted by atomic mass is 32.2. The average Bonchev–Trinajstić information content (AvgIpc) is 2.49. The second-order valence-electron chi connectivity index (χ2n) is 7.11. The molecule has 0 saturated heterocycles. The molecule has 2 amide bonds. The van der Waals surface area contributed by atoms with E-state index in [-0.39, 0.29) is 17.7 Å². The zero-order valence-electron chi connectivity index (χ0n) is 15.9. The van der Waals surface area contributed by atoms with Crippen molar-refractivity contribution in [2.45, 2.75) is 65.1 Å². The Morgan fingerprint density at radius 3 is 1.88 bits per heavy atom. The topological polar surface area (TPSA) is 122 Å². The van der Waals surface area contributed by atoms with E-state index in [4.69, 9.17) is 5.73 Å². The molecule has 0 rings (SSSR count). The number of hydrogen-bond acceptors (Lipinski definition) is 5. The molecule has 0 fully saturated rings. The van der Waals surface area contributed by atoms with Gasteiger partial charge >= 0.3 is 5.97 Å². The molecule has 8 heteroatoms. The lowest BCUT2D eigenvalue weighted by Gasteiger charge is -2.24. The van der Waals surface area contributed by atoms with Gasteiger partial charge in [-0.1, -0.05) is 27.7 Å². The van der Waals surface area contributed by atoms with Crippen LogP contribution in [-0.2, 0) is 14.4 Å². The van der Waals surface area contributed by atoms with E-state index in [2.05, 4.69) is 10.6 Å². The van der Waals surface area contributed by atoms with Crippen LogP contribution in [0.5, 0.6) is 0 Å². The van der Waals surface area contributed by atoms with Crippen LogP contribution in [0.3, 0.4) is 0 Å². The number of nitrogens with two attached hydrogens (primary N) is 1. The highest BCUT2D eigenvalue weighted by molar-refractivity contribution is 7.98. The maximum absolute atomic E-state index is 12.5. The quantitative estimate of drug-likeness (QED) is 0.407.